The lowest BCUT2D eigenvalue weighted by Gasteiger charge is -2.04. The maximum Gasteiger partial charge on any atom is 0.359 e. The van der Waals surface area contributed by atoms with Crippen LogP contribution < -0.4 is 4.18 Å². The molecule has 1 aromatic heterocycles. The van der Waals surface area contributed by atoms with E-state index in [-0.39, 0.29) is 5.88 Å². The molecule has 1 atom stereocenters. The van der Waals surface area contributed by atoms with Gasteiger partial charge in [0, 0.05) is 6.07 Å². The van der Waals surface area contributed by atoms with Crippen LogP contribution >= 0.6 is 0 Å². The summed E-state index contributed by atoms with van der Waals surface area (Å²) in [5.74, 6) is 0.240. The highest BCUT2D eigenvalue weighted by molar-refractivity contribution is 7.74. The van der Waals surface area contributed by atoms with Crippen LogP contribution in [0.2, 0.25) is 0 Å². The van der Waals surface area contributed by atoms with Crippen molar-refractivity contribution in [3.8, 4) is 11.6 Å². The van der Waals surface area contributed by atoms with Gasteiger partial charge >= 0.3 is 11.4 Å². The number of hydrogen-bond donors (Lipinski definition) is 1. The average molecular weight is 238 g/mol. The van der Waals surface area contributed by atoms with Crippen LogP contribution in [0.4, 0.5) is 0 Å². The normalized spacial score (nSPS) is 12.4. The minimum Gasteiger partial charge on any atom is -0.359 e. The topological polar surface area (TPSA) is 64.3 Å². The van der Waals surface area contributed by atoms with Crippen molar-refractivity contribution in [2.45, 2.75) is 6.92 Å². The predicted molar refractivity (Wildman–Crippen MR) is 59.7 cm³/mol. The van der Waals surface area contributed by atoms with Crippen molar-refractivity contribution in [3.05, 3.63) is 42.1 Å². The fourth-order valence-corrected chi connectivity index (χ4v) is 1.63. The minimum absolute atomic E-state index is 0.240. The first kappa shape index (κ1) is 10.8. The lowest BCUT2D eigenvalue weighted by atomic mass is 10.3. The number of benzene rings is 1. The molecule has 0 spiro atoms. The van der Waals surface area contributed by atoms with Crippen molar-refractivity contribution in [2.75, 3.05) is 0 Å². The molecule has 0 saturated carbocycles. The van der Waals surface area contributed by atoms with E-state index in [2.05, 4.69) is 5.10 Å². The van der Waals surface area contributed by atoms with E-state index in [1.54, 1.807) is 13.0 Å². The molecule has 5 nitrogen and oxygen atoms in total. The van der Waals surface area contributed by atoms with Crippen LogP contribution in [0.1, 0.15) is 5.69 Å². The van der Waals surface area contributed by atoms with E-state index in [1.165, 1.54) is 4.68 Å². The minimum atomic E-state index is -2.35. The molecule has 0 fully saturated rings. The Hall–Kier alpha value is -1.66. The highest BCUT2D eigenvalue weighted by atomic mass is 32.2. The van der Waals surface area contributed by atoms with Crippen LogP contribution in [0.25, 0.3) is 5.69 Å². The molecule has 6 heteroatoms. The van der Waals surface area contributed by atoms with E-state index >= 15 is 0 Å². The van der Waals surface area contributed by atoms with Gasteiger partial charge in [-0.25, -0.2) is 0 Å². The monoisotopic (exact) mass is 238 g/mol. The van der Waals surface area contributed by atoms with Crippen LogP contribution in [0.5, 0.6) is 5.88 Å². The van der Waals surface area contributed by atoms with Gasteiger partial charge in [0.05, 0.1) is 11.4 Å². The summed E-state index contributed by atoms with van der Waals surface area (Å²) in [6.45, 7) is 1.78. The van der Waals surface area contributed by atoms with E-state index in [0.29, 0.717) is 5.69 Å². The van der Waals surface area contributed by atoms with Gasteiger partial charge in [0.1, 0.15) is 0 Å². The van der Waals surface area contributed by atoms with E-state index in [9.17, 15) is 4.21 Å². The highest BCUT2D eigenvalue weighted by Crippen LogP contribution is 2.19. The first-order chi connectivity index (χ1) is 7.66. The average Bonchev–Trinajstić information content (AvgIpc) is 2.60. The first-order valence-corrected chi connectivity index (χ1v) is 5.61. The Morgan fingerprint density at radius 2 is 2.06 bits per heavy atom. The fourth-order valence-electron chi connectivity index (χ4n) is 1.36. The number of rotatable bonds is 3. The van der Waals surface area contributed by atoms with Crippen LogP contribution in [-0.2, 0) is 11.4 Å². The molecule has 0 aliphatic rings. The van der Waals surface area contributed by atoms with Crippen LogP contribution in [0.3, 0.4) is 0 Å². The van der Waals surface area contributed by atoms with Gasteiger partial charge in [0.25, 0.3) is 0 Å². The molecule has 0 bridgehead atoms. The summed E-state index contributed by atoms with van der Waals surface area (Å²) in [6.07, 6.45) is 0. The smallest absolute Gasteiger partial charge is 0.359 e. The summed E-state index contributed by atoms with van der Waals surface area (Å²) in [4.78, 5) is 0. The number of nitrogens with zero attached hydrogens (tertiary/aromatic N) is 2. The van der Waals surface area contributed by atoms with Crippen molar-refractivity contribution in [1.29, 1.82) is 0 Å². The van der Waals surface area contributed by atoms with E-state index in [1.807, 2.05) is 30.3 Å². The van der Waals surface area contributed by atoms with Gasteiger partial charge in [-0.15, -0.1) is 0 Å². The molecular formula is C10H10N2O3S. The molecule has 0 aliphatic heterocycles. The second kappa shape index (κ2) is 4.46. The number of hydrogen-bond acceptors (Lipinski definition) is 3. The summed E-state index contributed by atoms with van der Waals surface area (Å²) < 4.78 is 25.5. The number of aryl methyl sites for hydroxylation is 1. The van der Waals surface area contributed by atoms with E-state index in [0.717, 1.165) is 5.69 Å². The Labute approximate surface area is 95.2 Å². The number of aromatic nitrogens is 2. The molecule has 16 heavy (non-hydrogen) atoms. The third kappa shape index (κ3) is 2.29. The van der Waals surface area contributed by atoms with Crippen molar-refractivity contribution < 1.29 is 12.9 Å². The third-order valence-electron chi connectivity index (χ3n) is 1.96. The molecular weight excluding hydrogens is 228 g/mol. The maximum atomic E-state index is 10.6. The SMILES string of the molecule is Cc1cc(OS(=O)O)n(-c2ccccc2)n1. The molecule has 1 aromatic carbocycles. The first-order valence-electron chi connectivity index (χ1n) is 4.58. The lowest BCUT2D eigenvalue weighted by Crippen LogP contribution is -2.04. The molecule has 0 radical (unpaired) electrons. The van der Waals surface area contributed by atoms with E-state index < -0.39 is 11.4 Å². The fraction of sp³-hybridized carbons (Fsp3) is 0.100. The van der Waals surface area contributed by atoms with Crippen molar-refractivity contribution >= 4 is 11.4 Å². The molecule has 1 unspecified atom stereocenters. The molecule has 0 saturated heterocycles. The van der Waals surface area contributed by atoms with Crippen LogP contribution in [-0.4, -0.2) is 18.5 Å². The summed E-state index contributed by atoms with van der Waals surface area (Å²) in [7, 11) is 0. The van der Waals surface area contributed by atoms with Crippen molar-refractivity contribution in [2.24, 2.45) is 0 Å². The number of para-hydroxylation sites is 1. The largest absolute Gasteiger partial charge is 0.359 e. The molecule has 2 rings (SSSR count). The van der Waals surface area contributed by atoms with Gasteiger partial charge in [-0.1, -0.05) is 18.2 Å². The van der Waals surface area contributed by atoms with Gasteiger partial charge in [0.15, 0.2) is 0 Å². The lowest BCUT2D eigenvalue weighted by molar-refractivity contribution is 0.440. The second-order valence-electron chi connectivity index (χ2n) is 3.17. The molecule has 0 aliphatic carbocycles. The molecule has 2 aromatic rings. The quantitative estimate of drug-likeness (QED) is 0.826. The summed E-state index contributed by atoms with van der Waals surface area (Å²) in [5, 5.41) is 4.18. The van der Waals surface area contributed by atoms with E-state index in [4.69, 9.17) is 8.74 Å². The van der Waals surface area contributed by atoms with Gasteiger partial charge in [0.2, 0.25) is 5.88 Å². The summed E-state index contributed by atoms with van der Waals surface area (Å²) >= 11 is -2.35. The second-order valence-corrected chi connectivity index (χ2v) is 3.77. The molecule has 1 N–H and O–H groups in total. The van der Waals surface area contributed by atoms with Gasteiger partial charge < -0.3 is 4.18 Å². The summed E-state index contributed by atoms with van der Waals surface area (Å²) in [6, 6.07) is 10.9. The van der Waals surface area contributed by atoms with Crippen molar-refractivity contribution in [1.82, 2.24) is 9.78 Å². The zero-order valence-electron chi connectivity index (χ0n) is 8.53. The standard InChI is InChI=1S/C10H10N2O3S/c1-8-7-10(15-16(13)14)12(11-8)9-5-3-2-4-6-9/h2-7H,1H3,(H,13,14). The predicted octanol–water partition coefficient (Wildman–Crippen LogP) is 1.70. The molecule has 84 valence electrons. The molecule has 1 heterocycles. The third-order valence-corrected chi connectivity index (χ3v) is 2.27. The highest BCUT2D eigenvalue weighted by Gasteiger charge is 2.10. The van der Waals surface area contributed by atoms with Gasteiger partial charge in [-0.3, -0.25) is 4.55 Å². The van der Waals surface area contributed by atoms with Gasteiger partial charge in [-0.05, 0) is 19.1 Å². The zero-order valence-corrected chi connectivity index (χ0v) is 9.35. The Morgan fingerprint density at radius 1 is 1.38 bits per heavy atom. The van der Waals surface area contributed by atoms with Crippen molar-refractivity contribution in [3.63, 3.8) is 0 Å². The Morgan fingerprint density at radius 3 is 2.69 bits per heavy atom. The van der Waals surface area contributed by atoms with Crippen LogP contribution in [0.15, 0.2) is 36.4 Å². The summed E-state index contributed by atoms with van der Waals surface area (Å²) in [5.41, 5.74) is 1.49. The Balaban J connectivity index is 2.44. The molecule has 0 amide bonds. The maximum absolute atomic E-state index is 10.6. The Bertz CT molecular complexity index is 510. The van der Waals surface area contributed by atoms with Gasteiger partial charge in [-0.2, -0.15) is 14.0 Å². The zero-order chi connectivity index (χ0) is 11.5. The van der Waals surface area contributed by atoms with Crippen LogP contribution in [0, 0.1) is 6.92 Å². The Kier molecular flexibility index (Phi) is 3.02.